The molecule has 3 heterocycles. The second kappa shape index (κ2) is 9.11. The minimum absolute atomic E-state index is 0.00133. The number of nitrogens with one attached hydrogen (secondary N) is 1. The monoisotopic (exact) mass is 414 g/mol. The van der Waals surface area contributed by atoms with Crippen molar-refractivity contribution in [2.75, 3.05) is 18.0 Å². The summed E-state index contributed by atoms with van der Waals surface area (Å²) < 4.78 is 0. The van der Waals surface area contributed by atoms with Gasteiger partial charge in [-0.3, -0.25) is 14.8 Å². The second-order valence-corrected chi connectivity index (χ2v) is 8.27. The first-order valence-corrected chi connectivity index (χ1v) is 10.5. The van der Waals surface area contributed by atoms with Crippen LogP contribution >= 0.6 is 0 Å². The third kappa shape index (κ3) is 4.65. The molecule has 0 radical (unpaired) electrons. The summed E-state index contributed by atoms with van der Waals surface area (Å²) in [6, 6.07) is 13.1. The normalized spacial score (nSPS) is 19.6. The van der Waals surface area contributed by atoms with Gasteiger partial charge in [0.25, 0.3) is 0 Å². The fraction of sp³-hybridized carbons (Fsp3) is 0.333. The molecule has 7 heteroatoms. The molecule has 3 N–H and O–H groups in total. The lowest BCUT2D eigenvalue weighted by Gasteiger charge is -2.39. The minimum Gasteiger partial charge on any atom is -0.369 e. The maximum atomic E-state index is 12.7. The molecular weight excluding hydrogens is 388 g/mol. The molecule has 1 fully saturated rings. The number of hydrogen-bond acceptors (Lipinski definition) is 6. The van der Waals surface area contributed by atoms with Crippen LogP contribution in [0.3, 0.4) is 0 Å². The van der Waals surface area contributed by atoms with E-state index in [0.29, 0.717) is 30.0 Å². The summed E-state index contributed by atoms with van der Waals surface area (Å²) in [5.74, 6) is 0.255. The van der Waals surface area contributed by atoms with Crippen molar-refractivity contribution in [2.24, 2.45) is 11.7 Å². The van der Waals surface area contributed by atoms with E-state index < -0.39 is 6.04 Å². The van der Waals surface area contributed by atoms with Gasteiger partial charge in [0, 0.05) is 48.8 Å². The molecule has 7 nitrogen and oxygen atoms in total. The van der Waals surface area contributed by atoms with Crippen LogP contribution in [0.25, 0.3) is 10.9 Å². The molecule has 1 saturated heterocycles. The van der Waals surface area contributed by atoms with Gasteiger partial charge in [0.15, 0.2) is 0 Å². The van der Waals surface area contributed by atoms with E-state index >= 15 is 0 Å². The Balaban J connectivity index is 1.49. The number of carbonyl (C=O) groups excluding carboxylic acids is 1. The molecule has 4 rings (SSSR count). The molecule has 1 aromatic carbocycles. The molecule has 1 aliphatic heterocycles. The van der Waals surface area contributed by atoms with Crippen molar-refractivity contribution in [3.63, 3.8) is 0 Å². The summed E-state index contributed by atoms with van der Waals surface area (Å²) in [6.07, 6.45) is 6.50. The van der Waals surface area contributed by atoms with E-state index in [9.17, 15) is 10.1 Å². The second-order valence-electron chi connectivity index (χ2n) is 8.27. The van der Waals surface area contributed by atoms with Crippen molar-refractivity contribution in [2.45, 2.75) is 31.8 Å². The molecule has 2 aromatic heterocycles. The number of anilines is 1. The van der Waals surface area contributed by atoms with Crippen molar-refractivity contribution in [3.05, 3.63) is 66.1 Å². The standard InChI is InChI=1S/C24H26N6O/c1-16-10-19(29-24(31)21(26)11-17-4-2-8-27-13-17)15-30(14-16)22-7-6-18(12-25)23-20(22)5-3-9-28-23/h2-9,13,16,19,21H,10-11,14-15,26H2,1H3,(H,29,31)/t16-,19+,21-/m0/s1. The van der Waals surface area contributed by atoms with Gasteiger partial charge in [-0.1, -0.05) is 13.0 Å². The van der Waals surface area contributed by atoms with Crippen LogP contribution in [0.2, 0.25) is 0 Å². The highest BCUT2D eigenvalue weighted by Gasteiger charge is 2.28. The molecule has 31 heavy (non-hydrogen) atoms. The summed E-state index contributed by atoms with van der Waals surface area (Å²) >= 11 is 0. The summed E-state index contributed by atoms with van der Waals surface area (Å²) in [5, 5.41) is 13.5. The number of nitrogens with zero attached hydrogens (tertiary/aromatic N) is 4. The Kier molecular flexibility index (Phi) is 6.10. The van der Waals surface area contributed by atoms with E-state index in [4.69, 9.17) is 5.73 Å². The number of amides is 1. The average Bonchev–Trinajstić information content (AvgIpc) is 2.78. The van der Waals surface area contributed by atoms with Gasteiger partial charge < -0.3 is 16.0 Å². The number of fused-ring (bicyclic) bond motifs is 1. The number of piperidine rings is 1. The number of aromatic nitrogens is 2. The van der Waals surface area contributed by atoms with Crippen molar-refractivity contribution in [1.82, 2.24) is 15.3 Å². The summed E-state index contributed by atoms with van der Waals surface area (Å²) in [7, 11) is 0. The Labute approximate surface area is 181 Å². The zero-order valence-corrected chi connectivity index (χ0v) is 17.5. The molecule has 0 bridgehead atoms. The maximum absolute atomic E-state index is 12.7. The number of benzene rings is 1. The highest BCUT2D eigenvalue weighted by Crippen LogP contribution is 2.31. The van der Waals surface area contributed by atoms with Gasteiger partial charge in [0.05, 0.1) is 17.1 Å². The van der Waals surface area contributed by atoms with Crippen LogP contribution < -0.4 is 16.0 Å². The highest BCUT2D eigenvalue weighted by molar-refractivity contribution is 5.95. The smallest absolute Gasteiger partial charge is 0.237 e. The number of rotatable bonds is 5. The van der Waals surface area contributed by atoms with Crippen LogP contribution in [-0.2, 0) is 11.2 Å². The van der Waals surface area contributed by atoms with Gasteiger partial charge in [-0.2, -0.15) is 5.26 Å². The lowest BCUT2D eigenvalue weighted by Crippen LogP contribution is -2.54. The van der Waals surface area contributed by atoms with Crippen LogP contribution in [-0.4, -0.2) is 41.0 Å². The van der Waals surface area contributed by atoms with Crippen LogP contribution in [0.1, 0.15) is 24.5 Å². The van der Waals surface area contributed by atoms with E-state index in [1.54, 1.807) is 18.6 Å². The zero-order chi connectivity index (χ0) is 21.8. The van der Waals surface area contributed by atoms with Gasteiger partial charge >= 0.3 is 0 Å². The topological polar surface area (TPSA) is 108 Å². The molecule has 3 atom stereocenters. The largest absolute Gasteiger partial charge is 0.369 e. The van der Waals surface area contributed by atoms with E-state index in [1.807, 2.05) is 36.4 Å². The Morgan fingerprint density at radius 3 is 2.90 bits per heavy atom. The number of carbonyl (C=O) groups is 1. The third-order valence-corrected chi connectivity index (χ3v) is 5.73. The first kappa shape index (κ1) is 20.8. The first-order chi connectivity index (χ1) is 15.0. The molecule has 0 aliphatic carbocycles. The maximum Gasteiger partial charge on any atom is 0.237 e. The Hall–Kier alpha value is -3.50. The minimum atomic E-state index is -0.616. The summed E-state index contributed by atoms with van der Waals surface area (Å²) in [5.41, 5.74) is 9.41. The van der Waals surface area contributed by atoms with E-state index in [0.717, 1.165) is 29.6 Å². The quantitative estimate of drug-likeness (QED) is 0.664. The van der Waals surface area contributed by atoms with Gasteiger partial charge in [0.1, 0.15) is 6.07 Å². The molecule has 158 valence electrons. The van der Waals surface area contributed by atoms with Gasteiger partial charge in [-0.25, -0.2) is 0 Å². The number of hydrogen-bond donors (Lipinski definition) is 2. The van der Waals surface area contributed by atoms with Gasteiger partial charge in [-0.15, -0.1) is 0 Å². The Bertz CT molecular complexity index is 1110. The van der Waals surface area contributed by atoms with E-state index in [2.05, 4.69) is 33.2 Å². The van der Waals surface area contributed by atoms with Crippen molar-refractivity contribution >= 4 is 22.5 Å². The molecular formula is C24H26N6O. The van der Waals surface area contributed by atoms with Crippen molar-refractivity contribution in [1.29, 1.82) is 5.26 Å². The first-order valence-electron chi connectivity index (χ1n) is 10.5. The number of nitriles is 1. The summed E-state index contributed by atoms with van der Waals surface area (Å²) in [4.78, 5) is 23.5. The lowest BCUT2D eigenvalue weighted by atomic mass is 9.94. The zero-order valence-electron chi connectivity index (χ0n) is 17.5. The van der Waals surface area contributed by atoms with Crippen LogP contribution in [0.15, 0.2) is 55.0 Å². The Morgan fingerprint density at radius 1 is 1.29 bits per heavy atom. The summed E-state index contributed by atoms with van der Waals surface area (Å²) in [6.45, 7) is 3.75. The fourth-order valence-electron chi connectivity index (χ4n) is 4.35. The average molecular weight is 415 g/mol. The fourth-order valence-corrected chi connectivity index (χ4v) is 4.35. The lowest BCUT2D eigenvalue weighted by molar-refractivity contribution is -0.123. The molecule has 1 aliphatic rings. The predicted molar refractivity (Wildman–Crippen MR) is 120 cm³/mol. The van der Waals surface area contributed by atoms with Crippen molar-refractivity contribution in [3.8, 4) is 6.07 Å². The SMILES string of the molecule is C[C@H]1C[C@@H](NC(=O)[C@@H](N)Cc2cccnc2)CN(c2ccc(C#N)c3ncccc23)C1. The van der Waals surface area contributed by atoms with Crippen LogP contribution in [0.5, 0.6) is 0 Å². The number of nitrogens with two attached hydrogens (primary N) is 1. The van der Waals surface area contributed by atoms with Crippen LogP contribution in [0.4, 0.5) is 5.69 Å². The van der Waals surface area contributed by atoms with Gasteiger partial charge in [0.2, 0.25) is 5.91 Å². The van der Waals surface area contributed by atoms with Crippen molar-refractivity contribution < 1.29 is 4.79 Å². The Morgan fingerprint density at radius 2 is 2.13 bits per heavy atom. The van der Waals surface area contributed by atoms with Crippen LogP contribution in [0, 0.1) is 17.2 Å². The molecule has 0 saturated carbocycles. The molecule has 0 spiro atoms. The van der Waals surface area contributed by atoms with E-state index in [1.165, 1.54) is 0 Å². The molecule has 0 unspecified atom stereocenters. The predicted octanol–water partition coefficient (Wildman–Crippen LogP) is 2.40. The number of pyridine rings is 2. The van der Waals surface area contributed by atoms with Gasteiger partial charge in [-0.05, 0) is 54.7 Å². The highest BCUT2D eigenvalue weighted by atomic mass is 16.2. The third-order valence-electron chi connectivity index (χ3n) is 5.73. The molecule has 1 amide bonds. The van der Waals surface area contributed by atoms with E-state index in [-0.39, 0.29) is 11.9 Å². The molecule has 3 aromatic rings.